The monoisotopic (exact) mass is 320 g/mol. The van der Waals surface area contributed by atoms with E-state index in [-0.39, 0.29) is 31.1 Å². The maximum Gasteiger partial charge on any atom is 0.220 e. The van der Waals surface area contributed by atoms with Crippen molar-refractivity contribution in [2.45, 2.75) is 33.2 Å². The minimum absolute atomic E-state index is 0.0883. The van der Waals surface area contributed by atoms with Gasteiger partial charge in [0.15, 0.2) is 5.78 Å². The van der Waals surface area contributed by atoms with Gasteiger partial charge in [0.2, 0.25) is 11.8 Å². The van der Waals surface area contributed by atoms with Crippen LogP contribution in [0, 0.1) is 13.8 Å². The third kappa shape index (κ3) is 4.43. The molecule has 0 aliphatic rings. The number of halogens is 1. The van der Waals surface area contributed by atoms with Crippen LogP contribution in [0.4, 0.5) is 0 Å². The molecule has 0 saturated heterocycles. The summed E-state index contributed by atoms with van der Waals surface area (Å²) in [6.45, 7) is 3.88. The van der Waals surface area contributed by atoms with Gasteiger partial charge in [-0.05, 0) is 38.1 Å². The van der Waals surface area contributed by atoms with Crippen LogP contribution < -0.4 is 5.32 Å². The zero-order valence-electron chi connectivity index (χ0n) is 12.5. The molecule has 0 bridgehead atoms. The van der Waals surface area contributed by atoms with E-state index >= 15 is 0 Å². The van der Waals surface area contributed by atoms with Crippen molar-refractivity contribution >= 4 is 23.3 Å². The molecular weight excluding hydrogens is 304 g/mol. The topological polar surface area (TPSA) is 72.2 Å². The Labute approximate surface area is 133 Å². The van der Waals surface area contributed by atoms with Crippen molar-refractivity contribution in [3.05, 3.63) is 52.2 Å². The third-order valence-electron chi connectivity index (χ3n) is 3.25. The lowest BCUT2D eigenvalue weighted by atomic mass is 10.1. The number of nitrogens with zero attached hydrogens (tertiary/aromatic N) is 1. The Hall–Kier alpha value is -2.14. The second-order valence-electron chi connectivity index (χ2n) is 4.96. The largest absolute Gasteiger partial charge is 0.444 e. The van der Waals surface area contributed by atoms with Gasteiger partial charge < -0.3 is 9.73 Å². The number of aryl methyl sites for hydroxylation is 2. The SMILES string of the molecule is Cc1nc(CNC(=O)CCC(=O)c2ccc(Cl)cc2)oc1C. The number of carbonyl (C=O) groups is 2. The predicted octanol–water partition coefficient (Wildman–Crippen LogP) is 3.22. The number of oxazole rings is 1. The average molecular weight is 321 g/mol. The second kappa shape index (κ2) is 7.22. The van der Waals surface area contributed by atoms with E-state index < -0.39 is 0 Å². The van der Waals surface area contributed by atoms with Gasteiger partial charge in [-0.1, -0.05) is 11.6 Å². The lowest BCUT2D eigenvalue weighted by Gasteiger charge is -2.03. The van der Waals surface area contributed by atoms with Crippen LogP contribution in [0.5, 0.6) is 0 Å². The smallest absolute Gasteiger partial charge is 0.220 e. The van der Waals surface area contributed by atoms with E-state index in [0.717, 1.165) is 11.5 Å². The molecule has 0 aliphatic heterocycles. The number of benzene rings is 1. The zero-order chi connectivity index (χ0) is 16.1. The molecule has 1 aromatic carbocycles. The standard InChI is InChI=1S/C16H17ClN2O3/c1-10-11(2)22-16(19-10)9-18-15(21)8-7-14(20)12-3-5-13(17)6-4-12/h3-6H,7-9H2,1-2H3,(H,18,21). The second-order valence-corrected chi connectivity index (χ2v) is 5.39. The molecule has 116 valence electrons. The number of ketones is 1. The fourth-order valence-electron chi connectivity index (χ4n) is 1.88. The Morgan fingerprint density at radius 3 is 2.45 bits per heavy atom. The van der Waals surface area contributed by atoms with Crippen LogP contribution in [0.2, 0.25) is 5.02 Å². The Morgan fingerprint density at radius 1 is 1.18 bits per heavy atom. The fraction of sp³-hybridized carbons (Fsp3) is 0.312. The number of nitrogens with one attached hydrogen (secondary N) is 1. The van der Waals surface area contributed by atoms with Crippen molar-refractivity contribution in [3.63, 3.8) is 0 Å². The molecule has 22 heavy (non-hydrogen) atoms. The summed E-state index contributed by atoms with van der Waals surface area (Å²) >= 11 is 5.77. The first-order valence-electron chi connectivity index (χ1n) is 6.94. The quantitative estimate of drug-likeness (QED) is 0.829. The molecule has 1 N–H and O–H groups in total. The highest BCUT2D eigenvalue weighted by Crippen LogP contribution is 2.12. The summed E-state index contributed by atoms with van der Waals surface area (Å²) < 4.78 is 5.37. The summed E-state index contributed by atoms with van der Waals surface area (Å²) in [5.41, 5.74) is 1.36. The zero-order valence-corrected chi connectivity index (χ0v) is 13.2. The predicted molar refractivity (Wildman–Crippen MR) is 82.8 cm³/mol. The molecule has 0 saturated carbocycles. The Kier molecular flexibility index (Phi) is 5.33. The Morgan fingerprint density at radius 2 is 1.86 bits per heavy atom. The average Bonchev–Trinajstić information content (AvgIpc) is 2.82. The molecule has 6 heteroatoms. The first kappa shape index (κ1) is 16.2. The van der Waals surface area contributed by atoms with Crippen molar-refractivity contribution in [2.75, 3.05) is 0 Å². The van der Waals surface area contributed by atoms with E-state index in [1.807, 2.05) is 13.8 Å². The van der Waals surface area contributed by atoms with Crippen LogP contribution in [0.25, 0.3) is 0 Å². The lowest BCUT2D eigenvalue weighted by molar-refractivity contribution is -0.121. The molecule has 1 heterocycles. The van der Waals surface area contributed by atoms with Crippen LogP contribution in [-0.4, -0.2) is 16.7 Å². The molecule has 2 rings (SSSR count). The molecule has 0 spiro atoms. The van der Waals surface area contributed by atoms with Gasteiger partial charge in [0.25, 0.3) is 0 Å². The van der Waals surface area contributed by atoms with Gasteiger partial charge in [0.05, 0.1) is 12.2 Å². The summed E-state index contributed by atoms with van der Waals surface area (Å²) in [6, 6.07) is 6.62. The van der Waals surface area contributed by atoms with Gasteiger partial charge in [-0.15, -0.1) is 0 Å². The molecule has 0 unspecified atom stereocenters. The maximum absolute atomic E-state index is 11.9. The van der Waals surface area contributed by atoms with Gasteiger partial charge in [0.1, 0.15) is 5.76 Å². The summed E-state index contributed by atoms with van der Waals surface area (Å²) in [6.07, 6.45) is 0.275. The van der Waals surface area contributed by atoms with Crippen molar-refractivity contribution in [1.82, 2.24) is 10.3 Å². The van der Waals surface area contributed by atoms with Crippen LogP contribution in [-0.2, 0) is 11.3 Å². The molecule has 0 fully saturated rings. The van der Waals surface area contributed by atoms with Crippen molar-refractivity contribution in [3.8, 4) is 0 Å². The summed E-state index contributed by atoms with van der Waals surface area (Å²) in [5.74, 6) is 0.903. The van der Waals surface area contributed by atoms with Crippen LogP contribution >= 0.6 is 11.6 Å². The number of rotatable bonds is 6. The van der Waals surface area contributed by atoms with E-state index in [1.165, 1.54) is 0 Å². The molecule has 0 atom stereocenters. The molecule has 0 aliphatic carbocycles. The van der Waals surface area contributed by atoms with E-state index in [2.05, 4.69) is 10.3 Å². The van der Waals surface area contributed by atoms with Gasteiger partial charge in [-0.2, -0.15) is 0 Å². The van der Waals surface area contributed by atoms with Crippen LogP contribution in [0.3, 0.4) is 0 Å². The fourth-order valence-corrected chi connectivity index (χ4v) is 2.01. The highest BCUT2D eigenvalue weighted by atomic mass is 35.5. The third-order valence-corrected chi connectivity index (χ3v) is 3.51. The first-order valence-corrected chi connectivity index (χ1v) is 7.32. The number of aromatic nitrogens is 1. The Balaban J connectivity index is 1.77. The molecule has 5 nitrogen and oxygen atoms in total. The van der Waals surface area contributed by atoms with Crippen LogP contribution in [0.1, 0.15) is 40.5 Å². The summed E-state index contributed by atoms with van der Waals surface area (Å²) in [4.78, 5) is 27.8. The molecule has 0 radical (unpaired) electrons. The number of amides is 1. The van der Waals surface area contributed by atoms with E-state index in [1.54, 1.807) is 24.3 Å². The highest BCUT2D eigenvalue weighted by Gasteiger charge is 2.11. The van der Waals surface area contributed by atoms with Gasteiger partial charge in [-0.3, -0.25) is 9.59 Å². The van der Waals surface area contributed by atoms with Crippen LogP contribution in [0.15, 0.2) is 28.7 Å². The molecule has 2 aromatic rings. The number of hydrogen-bond acceptors (Lipinski definition) is 4. The minimum atomic E-state index is -0.212. The lowest BCUT2D eigenvalue weighted by Crippen LogP contribution is -2.23. The first-order chi connectivity index (χ1) is 10.5. The van der Waals surface area contributed by atoms with E-state index in [9.17, 15) is 9.59 Å². The minimum Gasteiger partial charge on any atom is -0.444 e. The van der Waals surface area contributed by atoms with E-state index in [4.69, 9.17) is 16.0 Å². The van der Waals surface area contributed by atoms with Gasteiger partial charge >= 0.3 is 0 Å². The van der Waals surface area contributed by atoms with Crippen molar-refractivity contribution in [2.24, 2.45) is 0 Å². The van der Waals surface area contributed by atoms with Gasteiger partial charge in [0, 0.05) is 23.4 Å². The number of carbonyl (C=O) groups excluding carboxylic acids is 2. The maximum atomic E-state index is 11.9. The normalized spacial score (nSPS) is 10.5. The summed E-state index contributed by atoms with van der Waals surface area (Å²) in [7, 11) is 0. The highest BCUT2D eigenvalue weighted by molar-refractivity contribution is 6.30. The molecule has 1 amide bonds. The van der Waals surface area contributed by atoms with Crippen molar-refractivity contribution < 1.29 is 14.0 Å². The van der Waals surface area contributed by atoms with Crippen molar-refractivity contribution in [1.29, 1.82) is 0 Å². The van der Waals surface area contributed by atoms with E-state index in [0.29, 0.717) is 16.5 Å². The number of hydrogen-bond donors (Lipinski definition) is 1. The summed E-state index contributed by atoms with van der Waals surface area (Å²) in [5, 5.41) is 3.26. The molecular formula is C16H17ClN2O3. The van der Waals surface area contributed by atoms with Gasteiger partial charge in [-0.25, -0.2) is 4.98 Å². The molecule has 1 aromatic heterocycles. The number of Topliss-reactive ketones (excluding diaryl/α,β-unsaturated/α-hetero) is 1. The Bertz CT molecular complexity index is 658.